The number of carbonyl (C=O) groups is 1. The van der Waals surface area contributed by atoms with Gasteiger partial charge in [-0.05, 0) is 48.4 Å². The molecule has 1 fully saturated rings. The molecular formula is C22H18ClN3O3S2. The SMILES string of the molecule is CC(C)CN1C(=O)C(=Cc2c(Oc3ccc(Cl)cc3)nc3ccccn3c2=O)SC1=S. The summed E-state index contributed by atoms with van der Waals surface area (Å²) in [5, 5.41) is 0.563. The first-order chi connectivity index (χ1) is 14.8. The number of benzene rings is 1. The minimum atomic E-state index is -0.344. The molecule has 158 valence electrons. The van der Waals surface area contributed by atoms with Crippen molar-refractivity contribution in [1.29, 1.82) is 0 Å². The summed E-state index contributed by atoms with van der Waals surface area (Å²) in [6.07, 6.45) is 3.14. The van der Waals surface area contributed by atoms with Crippen molar-refractivity contribution in [2.45, 2.75) is 13.8 Å². The number of rotatable bonds is 5. The number of hydrogen-bond acceptors (Lipinski definition) is 6. The van der Waals surface area contributed by atoms with Crippen molar-refractivity contribution < 1.29 is 9.53 Å². The quantitative estimate of drug-likeness (QED) is 0.385. The Bertz CT molecular complexity index is 1270. The van der Waals surface area contributed by atoms with Gasteiger partial charge in [-0.2, -0.15) is 4.98 Å². The third-order valence-corrected chi connectivity index (χ3v) is 6.09. The highest BCUT2D eigenvalue weighted by atomic mass is 35.5. The number of ether oxygens (including phenoxy) is 1. The predicted molar refractivity (Wildman–Crippen MR) is 128 cm³/mol. The highest BCUT2D eigenvalue weighted by Gasteiger charge is 2.33. The van der Waals surface area contributed by atoms with E-state index in [2.05, 4.69) is 4.98 Å². The number of thiocarbonyl (C=S) groups is 1. The van der Waals surface area contributed by atoms with E-state index in [1.807, 2.05) is 13.8 Å². The lowest BCUT2D eigenvalue weighted by Gasteiger charge is -2.16. The summed E-state index contributed by atoms with van der Waals surface area (Å²) in [5.41, 5.74) is 0.258. The lowest BCUT2D eigenvalue weighted by molar-refractivity contribution is -0.122. The molecule has 3 heterocycles. The Morgan fingerprint density at radius 3 is 2.65 bits per heavy atom. The Labute approximate surface area is 193 Å². The summed E-state index contributed by atoms with van der Waals surface area (Å²) in [6, 6.07) is 12.0. The molecule has 0 bridgehead atoms. The third kappa shape index (κ3) is 4.51. The number of carbonyl (C=O) groups excluding carboxylic acids is 1. The van der Waals surface area contributed by atoms with Crippen LogP contribution in [-0.2, 0) is 4.79 Å². The molecule has 31 heavy (non-hydrogen) atoms. The Morgan fingerprint density at radius 1 is 1.19 bits per heavy atom. The van der Waals surface area contributed by atoms with Gasteiger partial charge in [-0.3, -0.25) is 18.9 Å². The molecule has 6 nitrogen and oxygen atoms in total. The minimum Gasteiger partial charge on any atom is -0.438 e. The molecule has 1 aliphatic heterocycles. The Kier molecular flexibility index (Phi) is 6.13. The molecule has 0 unspecified atom stereocenters. The first kappa shape index (κ1) is 21.5. The molecule has 3 aromatic rings. The van der Waals surface area contributed by atoms with Gasteiger partial charge in [0.25, 0.3) is 11.5 Å². The molecule has 0 spiro atoms. The fraction of sp³-hybridized carbons (Fsp3) is 0.182. The molecule has 0 saturated carbocycles. The number of halogens is 1. The fourth-order valence-corrected chi connectivity index (χ4v) is 4.43. The molecular weight excluding hydrogens is 454 g/mol. The van der Waals surface area contributed by atoms with Crippen molar-refractivity contribution >= 4 is 57.5 Å². The van der Waals surface area contributed by atoms with Crippen LogP contribution in [0.25, 0.3) is 11.7 Å². The third-order valence-electron chi connectivity index (χ3n) is 4.46. The van der Waals surface area contributed by atoms with Gasteiger partial charge in [0.1, 0.15) is 21.3 Å². The van der Waals surface area contributed by atoms with Crippen LogP contribution in [0, 0.1) is 5.92 Å². The van der Waals surface area contributed by atoms with Crippen molar-refractivity contribution in [3.63, 3.8) is 0 Å². The van der Waals surface area contributed by atoms with Gasteiger partial charge in [0, 0.05) is 17.8 Å². The zero-order valence-electron chi connectivity index (χ0n) is 16.7. The molecule has 1 amide bonds. The average Bonchev–Trinajstić information content (AvgIpc) is 2.99. The Morgan fingerprint density at radius 2 is 1.94 bits per heavy atom. The second-order valence-electron chi connectivity index (χ2n) is 7.31. The van der Waals surface area contributed by atoms with Crippen molar-refractivity contribution in [3.05, 3.63) is 74.5 Å². The molecule has 0 N–H and O–H groups in total. The Balaban J connectivity index is 1.82. The van der Waals surface area contributed by atoms with Crippen LogP contribution in [0.2, 0.25) is 5.02 Å². The number of thioether (sulfide) groups is 1. The summed E-state index contributed by atoms with van der Waals surface area (Å²) >= 11 is 12.5. The second kappa shape index (κ2) is 8.82. The van der Waals surface area contributed by atoms with Crippen LogP contribution in [0.15, 0.2) is 58.4 Å². The molecule has 9 heteroatoms. The first-order valence-electron chi connectivity index (χ1n) is 9.53. The van der Waals surface area contributed by atoms with E-state index >= 15 is 0 Å². The van der Waals surface area contributed by atoms with Gasteiger partial charge in [0.2, 0.25) is 5.88 Å². The summed E-state index contributed by atoms with van der Waals surface area (Å²) in [7, 11) is 0. The molecule has 1 aromatic carbocycles. The molecule has 0 atom stereocenters. The molecule has 4 rings (SSSR count). The second-order valence-corrected chi connectivity index (χ2v) is 9.42. The van der Waals surface area contributed by atoms with E-state index in [-0.39, 0.29) is 28.8 Å². The predicted octanol–water partition coefficient (Wildman–Crippen LogP) is 5.00. The van der Waals surface area contributed by atoms with E-state index in [1.54, 1.807) is 53.6 Å². The lowest BCUT2D eigenvalue weighted by Crippen LogP contribution is -2.31. The zero-order chi connectivity index (χ0) is 22.1. The largest absolute Gasteiger partial charge is 0.438 e. The summed E-state index contributed by atoms with van der Waals surface area (Å²) < 4.78 is 7.81. The van der Waals surface area contributed by atoms with Gasteiger partial charge in [-0.15, -0.1) is 0 Å². The maximum absolute atomic E-state index is 13.2. The summed E-state index contributed by atoms with van der Waals surface area (Å²) in [5.74, 6) is 0.614. The van der Waals surface area contributed by atoms with Crippen LogP contribution in [0.4, 0.5) is 0 Å². The van der Waals surface area contributed by atoms with Crippen LogP contribution in [-0.4, -0.2) is 31.1 Å². The topological polar surface area (TPSA) is 63.9 Å². The van der Waals surface area contributed by atoms with Crippen molar-refractivity contribution in [2.24, 2.45) is 5.92 Å². The van der Waals surface area contributed by atoms with Crippen LogP contribution in [0.3, 0.4) is 0 Å². The van der Waals surface area contributed by atoms with Gasteiger partial charge in [-0.1, -0.05) is 55.5 Å². The van der Waals surface area contributed by atoms with E-state index in [1.165, 1.54) is 22.2 Å². The normalized spacial score (nSPS) is 15.5. The van der Waals surface area contributed by atoms with E-state index < -0.39 is 0 Å². The fourth-order valence-electron chi connectivity index (χ4n) is 3.05. The van der Waals surface area contributed by atoms with Crippen molar-refractivity contribution in [1.82, 2.24) is 14.3 Å². The zero-order valence-corrected chi connectivity index (χ0v) is 19.1. The molecule has 0 aliphatic carbocycles. The summed E-state index contributed by atoms with van der Waals surface area (Å²) in [4.78, 5) is 32.6. The highest BCUT2D eigenvalue weighted by Crippen LogP contribution is 2.34. The number of fused-ring (bicyclic) bond motifs is 1. The van der Waals surface area contributed by atoms with Crippen LogP contribution < -0.4 is 10.3 Å². The Hall–Kier alpha value is -2.68. The minimum absolute atomic E-state index is 0.104. The van der Waals surface area contributed by atoms with E-state index in [4.69, 9.17) is 28.6 Å². The number of pyridine rings is 1. The molecule has 2 aromatic heterocycles. The van der Waals surface area contributed by atoms with E-state index in [9.17, 15) is 9.59 Å². The van der Waals surface area contributed by atoms with Gasteiger partial charge in [-0.25, -0.2) is 0 Å². The van der Waals surface area contributed by atoms with Gasteiger partial charge >= 0.3 is 0 Å². The van der Waals surface area contributed by atoms with Crippen molar-refractivity contribution in [2.75, 3.05) is 6.54 Å². The van der Waals surface area contributed by atoms with Gasteiger partial charge in [0.15, 0.2) is 0 Å². The first-order valence-corrected chi connectivity index (χ1v) is 11.1. The van der Waals surface area contributed by atoms with Gasteiger partial charge in [0.05, 0.1) is 4.91 Å². The molecule has 1 saturated heterocycles. The maximum Gasteiger partial charge on any atom is 0.269 e. The standard InChI is InChI=1S/C22H18ClN3O3S2/c1-13(2)12-26-21(28)17(31-22(26)30)11-16-19(29-15-8-6-14(23)7-9-15)24-18-5-3-4-10-25(18)20(16)27/h3-11,13H,12H2,1-2H3. The number of amides is 1. The average molecular weight is 472 g/mol. The van der Waals surface area contributed by atoms with Crippen LogP contribution in [0.1, 0.15) is 19.4 Å². The lowest BCUT2D eigenvalue weighted by atomic mass is 10.2. The van der Waals surface area contributed by atoms with E-state index in [0.717, 1.165) is 0 Å². The molecule has 1 aliphatic rings. The monoisotopic (exact) mass is 471 g/mol. The highest BCUT2D eigenvalue weighted by molar-refractivity contribution is 8.26. The number of aromatic nitrogens is 2. The number of hydrogen-bond donors (Lipinski definition) is 0. The van der Waals surface area contributed by atoms with Crippen LogP contribution in [0.5, 0.6) is 11.6 Å². The van der Waals surface area contributed by atoms with Gasteiger partial charge < -0.3 is 4.74 Å². The maximum atomic E-state index is 13.2. The molecule has 0 radical (unpaired) electrons. The summed E-state index contributed by atoms with van der Waals surface area (Å²) in [6.45, 7) is 4.55. The van der Waals surface area contributed by atoms with Crippen molar-refractivity contribution in [3.8, 4) is 11.6 Å². The number of nitrogens with zero attached hydrogens (tertiary/aromatic N) is 3. The van der Waals surface area contributed by atoms with E-state index in [0.29, 0.717) is 32.2 Å². The smallest absolute Gasteiger partial charge is 0.269 e. The van der Waals surface area contributed by atoms with Crippen LogP contribution >= 0.6 is 35.6 Å².